The number of aromatic amines is 1. The van der Waals surface area contributed by atoms with Gasteiger partial charge < -0.3 is 20.7 Å². The van der Waals surface area contributed by atoms with Gasteiger partial charge in [-0.1, -0.05) is 23.7 Å². The fourth-order valence-electron chi connectivity index (χ4n) is 4.38. The number of anilines is 1. The van der Waals surface area contributed by atoms with E-state index in [9.17, 15) is 14.3 Å². The van der Waals surface area contributed by atoms with E-state index in [1.54, 1.807) is 41.7 Å². The van der Waals surface area contributed by atoms with Crippen LogP contribution in [0.15, 0.2) is 48.9 Å². The Morgan fingerprint density at radius 2 is 2.09 bits per heavy atom. The van der Waals surface area contributed by atoms with Crippen molar-refractivity contribution in [3.63, 3.8) is 0 Å². The van der Waals surface area contributed by atoms with Gasteiger partial charge in [-0.3, -0.25) is 4.79 Å². The van der Waals surface area contributed by atoms with E-state index in [0.717, 1.165) is 12.8 Å². The highest BCUT2D eigenvalue weighted by Crippen LogP contribution is 2.39. The molecule has 9 heteroatoms. The molecule has 1 saturated heterocycles. The van der Waals surface area contributed by atoms with Crippen LogP contribution in [0, 0.1) is 5.82 Å². The standard InChI is InChI=1S/C24H21ClFN5O2/c25-21-19(11-30-23-20(21)18(10-29-23)13-3-1-4-15(26)7-13)14-8-17(22(27)28-9-14)24(33)31-6-2-5-16(31)12-32/h1,3-4,7-11,16,32H,2,5-6,12H2,(H2,27,28)(H,29,30)/t16-/m0/s1. The van der Waals surface area contributed by atoms with Crippen LogP contribution in [-0.2, 0) is 0 Å². The van der Waals surface area contributed by atoms with Crippen molar-refractivity contribution in [1.29, 1.82) is 0 Å². The Balaban J connectivity index is 1.60. The molecule has 1 aliphatic heterocycles. The topological polar surface area (TPSA) is 108 Å². The average Bonchev–Trinajstić information content (AvgIpc) is 3.47. The molecule has 0 aliphatic carbocycles. The number of aromatic nitrogens is 3. The molecule has 0 radical (unpaired) electrons. The molecule has 7 nitrogen and oxygen atoms in total. The van der Waals surface area contributed by atoms with Gasteiger partial charge in [-0.05, 0) is 36.6 Å². The van der Waals surface area contributed by atoms with Crippen LogP contribution < -0.4 is 5.73 Å². The van der Waals surface area contributed by atoms with E-state index in [4.69, 9.17) is 17.3 Å². The summed E-state index contributed by atoms with van der Waals surface area (Å²) in [4.78, 5) is 26.6. The number of amides is 1. The molecule has 1 fully saturated rings. The molecule has 0 spiro atoms. The van der Waals surface area contributed by atoms with Crippen LogP contribution in [0.5, 0.6) is 0 Å². The number of nitrogens with two attached hydrogens (primary N) is 1. The quantitative estimate of drug-likeness (QED) is 0.417. The summed E-state index contributed by atoms with van der Waals surface area (Å²) in [5.41, 5.74) is 9.39. The number of H-pyrrole nitrogens is 1. The van der Waals surface area contributed by atoms with Gasteiger partial charge in [0.1, 0.15) is 17.3 Å². The number of nitrogens with one attached hydrogen (secondary N) is 1. The molecule has 0 bridgehead atoms. The lowest BCUT2D eigenvalue weighted by Crippen LogP contribution is -2.38. The molecule has 1 aliphatic rings. The van der Waals surface area contributed by atoms with Crippen molar-refractivity contribution in [3.8, 4) is 22.3 Å². The number of nitrogens with zero attached hydrogens (tertiary/aromatic N) is 3. The number of aliphatic hydroxyl groups excluding tert-OH is 1. The van der Waals surface area contributed by atoms with Gasteiger partial charge in [-0.25, -0.2) is 14.4 Å². The van der Waals surface area contributed by atoms with Gasteiger partial charge >= 0.3 is 0 Å². The number of aliphatic hydroxyl groups is 1. The largest absolute Gasteiger partial charge is 0.394 e. The van der Waals surface area contributed by atoms with Crippen molar-refractivity contribution < 1.29 is 14.3 Å². The first-order valence-electron chi connectivity index (χ1n) is 10.6. The molecule has 1 amide bonds. The zero-order valence-corrected chi connectivity index (χ0v) is 18.3. The molecular formula is C24H21ClFN5O2. The van der Waals surface area contributed by atoms with Crippen molar-refractivity contribution >= 4 is 34.4 Å². The summed E-state index contributed by atoms with van der Waals surface area (Å²) in [5.74, 6) is -0.513. The Hall–Kier alpha value is -3.49. The summed E-state index contributed by atoms with van der Waals surface area (Å²) in [7, 11) is 0. The fourth-order valence-corrected chi connectivity index (χ4v) is 4.73. The highest BCUT2D eigenvalue weighted by Gasteiger charge is 2.30. The Morgan fingerprint density at radius 3 is 2.88 bits per heavy atom. The van der Waals surface area contributed by atoms with Crippen molar-refractivity contribution in [3.05, 3.63) is 65.3 Å². The molecule has 4 N–H and O–H groups in total. The molecule has 168 valence electrons. The highest BCUT2D eigenvalue weighted by atomic mass is 35.5. The lowest BCUT2D eigenvalue weighted by atomic mass is 10.0. The molecular weight excluding hydrogens is 445 g/mol. The van der Waals surface area contributed by atoms with Crippen LogP contribution >= 0.6 is 11.6 Å². The van der Waals surface area contributed by atoms with Crippen molar-refractivity contribution in [2.75, 3.05) is 18.9 Å². The van der Waals surface area contributed by atoms with Gasteiger partial charge in [0.25, 0.3) is 5.91 Å². The fraction of sp³-hybridized carbons (Fsp3) is 0.208. The Bertz CT molecular complexity index is 1370. The van der Waals surface area contributed by atoms with Crippen LogP contribution in [0.4, 0.5) is 10.2 Å². The summed E-state index contributed by atoms with van der Waals surface area (Å²) >= 11 is 6.82. The summed E-state index contributed by atoms with van der Waals surface area (Å²) in [6.45, 7) is 0.462. The number of nitrogen functional groups attached to an aromatic ring is 1. The van der Waals surface area contributed by atoms with Crippen LogP contribution in [0.3, 0.4) is 0 Å². The number of carbonyl (C=O) groups is 1. The maximum Gasteiger partial charge on any atom is 0.257 e. The molecule has 5 rings (SSSR count). The number of benzene rings is 1. The first-order chi connectivity index (χ1) is 16.0. The molecule has 1 atom stereocenters. The summed E-state index contributed by atoms with van der Waals surface area (Å²) < 4.78 is 13.8. The molecule has 0 unspecified atom stereocenters. The smallest absolute Gasteiger partial charge is 0.257 e. The molecule has 33 heavy (non-hydrogen) atoms. The summed E-state index contributed by atoms with van der Waals surface area (Å²) in [6.07, 6.45) is 6.46. The summed E-state index contributed by atoms with van der Waals surface area (Å²) in [6, 6.07) is 7.67. The number of rotatable bonds is 4. The highest BCUT2D eigenvalue weighted by molar-refractivity contribution is 6.39. The van der Waals surface area contributed by atoms with E-state index in [1.807, 2.05) is 0 Å². The first kappa shape index (κ1) is 21.4. The maximum absolute atomic E-state index is 13.8. The molecule has 4 heterocycles. The van der Waals surface area contributed by atoms with E-state index in [0.29, 0.717) is 44.9 Å². The Morgan fingerprint density at radius 1 is 1.24 bits per heavy atom. The number of carbonyl (C=O) groups excluding carboxylic acids is 1. The number of fused-ring (bicyclic) bond motifs is 1. The monoisotopic (exact) mass is 465 g/mol. The van der Waals surface area contributed by atoms with Gasteiger partial charge in [0.15, 0.2) is 0 Å². The lowest BCUT2D eigenvalue weighted by Gasteiger charge is -2.23. The zero-order chi connectivity index (χ0) is 23.1. The minimum atomic E-state index is -0.351. The van der Waals surface area contributed by atoms with Crippen molar-refractivity contribution in [2.24, 2.45) is 0 Å². The van der Waals surface area contributed by atoms with Crippen LogP contribution in [0.2, 0.25) is 5.02 Å². The van der Waals surface area contributed by atoms with Gasteiger partial charge in [0.2, 0.25) is 0 Å². The predicted octanol–water partition coefficient (Wildman–Crippen LogP) is 4.26. The van der Waals surface area contributed by atoms with Crippen LogP contribution in [0.25, 0.3) is 33.3 Å². The third kappa shape index (κ3) is 3.71. The Labute approximate surface area is 194 Å². The second-order valence-corrected chi connectivity index (χ2v) is 8.43. The van der Waals surface area contributed by atoms with Gasteiger partial charge in [0.05, 0.1) is 23.2 Å². The minimum Gasteiger partial charge on any atom is -0.394 e. The first-order valence-corrected chi connectivity index (χ1v) is 10.9. The van der Waals surface area contributed by atoms with Crippen molar-refractivity contribution in [2.45, 2.75) is 18.9 Å². The molecule has 4 aromatic rings. The predicted molar refractivity (Wildman–Crippen MR) is 125 cm³/mol. The van der Waals surface area contributed by atoms with Gasteiger partial charge in [-0.15, -0.1) is 0 Å². The third-order valence-corrected chi connectivity index (χ3v) is 6.47. The number of halogens is 2. The molecule has 1 aromatic carbocycles. The second-order valence-electron chi connectivity index (χ2n) is 8.06. The van der Waals surface area contributed by atoms with Gasteiger partial charge in [0, 0.05) is 47.2 Å². The SMILES string of the molecule is Nc1ncc(-c2cnc3[nH]cc(-c4cccc(F)c4)c3c2Cl)cc1C(=O)N1CCC[C@H]1CO. The van der Waals surface area contributed by atoms with E-state index in [1.165, 1.54) is 12.1 Å². The Kier molecular flexibility index (Phi) is 5.47. The molecule has 3 aromatic heterocycles. The lowest BCUT2D eigenvalue weighted by molar-refractivity contribution is 0.0678. The minimum absolute atomic E-state index is 0.0957. The van der Waals surface area contributed by atoms with Crippen LogP contribution in [-0.4, -0.2) is 50.1 Å². The van der Waals surface area contributed by atoms with E-state index >= 15 is 0 Å². The van der Waals surface area contributed by atoms with Crippen molar-refractivity contribution in [1.82, 2.24) is 19.9 Å². The zero-order valence-electron chi connectivity index (χ0n) is 17.6. The number of likely N-dealkylation sites (tertiary alicyclic amines) is 1. The normalized spacial score (nSPS) is 16.0. The average molecular weight is 466 g/mol. The third-order valence-electron chi connectivity index (χ3n) is 6.08. The van der Waals surface area contributed by atoms with E-state index in [2.05, 4.69) is 15.0 Å². The second kappa shape index (κ2) is 8.46. The van der Waals surface area contributed by atoms with E-state index in [-0.39, 0.29) is 35.8 Å². The number of hydrogen-bond donors (Lipinski definition) is 3. The summed E-state index contributed by atoms with van der Waals surface area (Å²) in [5, 5.41) is 10.6. The maximum atomic E-state index is 13.8. The van der Waals surface area contributed by atoms with Gasteiger partial charge in [-0.2, -0.15) is 0 Å². The van der Waals surface area contributed by atoms with Crippen LogP contribution in [0.1, 0.15) is 23.2 Å². The molecule has 0 saturated carbocycles. The number of hydrogen-bond acceptors (Lipinski definition) is 5. The number of pyridine rings is 2. The van der Waals surface area contributed by atoms with E-state index < -0.39 is 0 Å².